The third kappa shape index (κ3) is 3.98. The van der Waals surface area contributed by atoms with E-state index in [1.807, 2.05) is 18.2 Å². The van der Waals surface area contributed by atoms with E-state index < -0.39 is 0 Å². The van der Waals surface area contributed by atoms with Gasteiger partial charge in [0.1, 0.15) is 0 Å². The lowest BCUT2D eigenvalue weighted by Crippen LogP contribution is -2.33. The second-order valence-electron chi connectivity index (χ2n) is 4.90. The fourth-order valence-electron chi connectivity index (χ4n) is 2.39. The summed E-state index contributed by atoms with van der Waals surface area (Å²) in [5, 5.41) is 7.93. The van der Waals surface area contributed by atoms with Gasteiger partial charge < -0.3 is 10.6 Å². The molecule has 1 heterocycles. The third-order valence-electron chi connectivity index (χ3n) is 3.40. The average molecular weight is 253 g/mol. The van der Waals surface area contributed by atoms with Crippen molar-refractivity contribution in [1.82, 2.24) is 10.6 Å². The Hall–Kier alpha value is -0.570. The van der Waals surface area contributed by atoms with Crippen LogP contribution in [0.5, 0.6) is 0 Å². The van der Waals surface area contributed by atoms with Gasteiger partial charge in [0.15, 0.2) is 0 Å². The molecule has 0 saturated carbocycles. The number of nitrogens with one attached hydrogen (secondary N) is 2. The SMILES string of the molecule is CC(CC1CCCN1)NCc1ccccc1Cl. The summed E-state index contributed by atoms with van der Waals surface area (Å²) in [5.41, 5.74) is 1.18. The van der Waals surface area contributed by atoms with Crippen molar-refractivity contribution in [2.45, 2.75) is 44.8 Å². The van der Waals surface area contributed by atoms with E-state index in [1.54, 1.807) is 0 Å². The highest BCUT2D eigenvalue weighted by molar-refractivity contribution is 6.31. The van der Waals surface area contributed by atoms with Gasteiger partial charge in [0.05, 0.1) is 0 Å². The largest absolute Gasteiger partial charge is 0.314 e. The molecule has 94 valence electrons. The van der Waals surface area contributed by atoms with Gasteiger partial charge in [0, 0.05) is 23.7 Å². The van der Waals surface area contributed by atoms with Gasteiger partial charge in [0.25, 0.3) is 0 Å². The Morgan fingerprint density at radius 2 is 2.29 bits per heavy atom. The smallest absolute Gasteiger partial charge is 0.0450 e. The molecule has 0 amide bonds. The van der Waals surface area contributed by atoms with E-state index in [1.165, 1.54) is 31.4 Å². The topological polar surface area (TPSA) is 24.1 Å². The molecule has 1 fully saturated rings. The van der Waals surface area contributed by atoms with Gasteiger partial charge in [-0.25, -0.2) is 0 Å². The molecule has 1 aromatic rings. The van der Waals surface area contributed by atoms with Crippen molar-refractivity contribution in [1.29, 1.82) is 0 Å². The molecule has 2 nitrogen and oxygen atoms in total. The summed E-state index contributed by atoms with van der Waals surface area (Å²) in [4.78, 5) is 0. The lowest BCUT2D eigenvalue weighted by atomic mass is 10.1. The van der Waals surface area contributed by atoms with Gasteiger partial charge in [-0.1, -0.05) is 29.8 Å². The van der Waals surface area contributed by atoms with Crippen LogP contribution in [0.3, 0.4) is 0 Å². The molecule has 0 bridgehead atoms. The molecular formula is C14H21ClN2. The summed E-state index contributed by atoms with van der Waals surface area (Å²) >= 11 is 6.13. The lowest BCUT2D eigenvalue weighted by molar-refractivity contribution is 0.440. The van der Waals surface area contributed by atoms with Crippen LogP contribution >= 0.6 is 11.6 Å². The maximum Gasteiger partial charge on any atom is 0.0450 e. The van der Waals surface area contributed by atoms with Crippen molar-refractivity contribution in [2.75, 3.05) is 6.54 Å². The molecule has 2 unspecified atom stereocenters. The molecule has 17 heavy (non-hydrogen) atoms. The molecule has 0 aromatic heterocycles. The second-order valence-corrected chi connectivity index (χ2v) is 5.31. The van der Waals surface area contributed by atoms with E-state index in [9.17, 15) is 0 Å². The van der Waals surface area contributed by atoms with Crippen LogP contribution in [0.4, 0.5) is 0 Å². The normalized spacial score (nSPS) is 21.6. The van der Waals surface area contributed by atoms with Crippen molar-refractivity contribution >= 4 is 11.6 Å². The Bertz CT molecular complexity index is 348. The molecule has 1 saturated heterocycles. The summed E-state index contributed by atoms with van der Waals surface area (Å²) in [6.45, 7) is 4.28. The van der Waals surface area contributed by atoms with E-state index >= 15 is 0 Å². The molecule has 0 spiro atoms. The number of hydrogen-bond acceptors (Lipinski definition) is 2. The highest BCUT2D eigenvalue weighted by Crippen LogP contribution is 2.15. The van der Waals surface area contributed by atoms with E-state index in [4.69, 9.17) is 11.6 Å². The van der Waals surface area contributed by atoms with E-state index in [0.29, 0.717) is 12.1 Å². The minimum atomic E-state index is 0.530. The van der Waals surface area contributed by atoms with Gasteiger partial charge in [0.2, 0.25) is 0 Å². The lowest BCUT2D eigenvalue weighted by Gasteiger charge is -2.18. The predicted molar refractivity (Wildman–Crippen MR) is 73.4 cm³/mol. The van der Waals surface area contributed by atoms with Crippen LogP contribution in [0, 0.1) is 0 Å². The van der Waals surface area contributed by atoms with Crippen LogP contribution in [0.15, 0.2) is 24.3 Å². The fraction of sp³-hybridized carbons (Fsp3) is 0.571. The van der Waals surface area contributed by atoms with Crippen molar-refractivity contribution < 1.29 is 0 Å². The predicted octanol–water partition coefficient (Wildman–Crippen LogP) is 2.96. The highest BCUT2D eigenvalue weighted by Gasteiger charge is 2.16. The van der Waals surface area contributed by atoms with Crippen molar-refractivity contribution in [2.24, 2.45) is 0 Å². The van der Waals surface area contributed by atoms with Gasteiger partial charge in [-0.15, -0.1) is 0 Å². The molecule has 0 aliphatic carbocycles. The van der Waals surface area contributed by atoms with Crippen molar-refractivity contribution in [3.8, 4) is 0 Å². The first kappa shape index (κ1) is 12.9. The van der Waals surface area contributed by atoms with Crippen molar-refractivity contribution in [3.63, 3.8) is 0 Å². The van der Waals surface area contributed by atoms with E-state index in [2.05, 4.69) is 23.6 Å². The summed E-state index contributed by atoms with van der Waals surface area (Å²) in [6.07, 6.45) is 3.84. The summed E-state index contributed by atoms with van der Waals surface area (Å²) in [7, 11) is 0. The number of rotatable bonds is 5. The Kier molecular flexibility index (Phi) is 4.84. The van der Waals surface area contributed by atoms with Gasteiger partial charge in [-0.05, 0) is 44.4 Å². The molecule has 1 aliphatic rings. The molecule has 3 heteroatoms. The maximum absolute atomic E-state index is 6.13. The number of benzene rings is 1. The Morgan fingerprint density at radius 3 is 3.00 bits per heavy atom. The van der Waals surface area contributed by atoms with Crippen LogP contribution < -0.4 is 10.6 Å². The first-order chi connectivity index (χ1) is 8.25. The quantitative estimate of drug-likeness (QED) is 0.842. The molecule has 2 atom stereocenters. The van der Waals surface area contributed by atoms with Crippen LogP contribution in [-0.2, 0) is 6.54 Å². The van der Waals surface area contributed by atoms with E-state index in [-0.39, 0.29) is 0 Å². The Balaban J connectivity index is 1.75. The van der Waals surface area contributed by atoms with Gasteiger partial charge >= 0.3 is 0 Å². The molecule has 2 N–H and O–H groups in total. The summed E-state index contributed by atoms with van der Waals surface area (Å²) in [5.74, 6) is 0. The zero-order valence-corrected chi connectivity index (χ0v) is 11.1. The van der Waals surface area contributed by atoms with Crippen LogP contribution in [0.2, 0.25) is 5.02 Å². The molecule has 1 aromatic carbocycles. The first-order valence-corrected chi connectivity index (χ1v) is 6.83. The van der Waals surface area contributed by atoms with Crippen LogP contribution in [0.25, 0.3) is 0 Å². The number of halogens is 1. The molecule has 2 rings (SSSR count). The van der Waals surface area contributed by atoms with Crippen molar-refractivity contribution in [3.05, 3.63) is 34.9 Å². The van der Waals surface area contributed by atoms with Crippen LogP contribution in [-0.4, -0.2) is 18.6 Å². The zero-order chi connectivity index (χ0) is 12.1. The summed E-state index contributed by atoms with van der Waals surface area (Å²) in [6, 6.07) is 9.26. The second kappa shape index (κ2) is 6.39. The minimum absolute atomic E-state index is 0.530. The highest BCUT2D eigenvalue weighted by atomic mass is 35.5. The average Bonchev–Trinajstić information content (AvgIpc) is 2.81. The Morgan fingerprint density at radius 1 is 1.47 bits per heavy atom. The third-order valence-corrected chi connectivity index (χ3v) is 3.77. The van der Waals surface area contributed by atoms with Crippen LogP contribution in [0.1, 0.15) is 31.7 Å². The molecule has 1 aliphatic heterocycles. The monoisotopic (exact) mass is 252 g/mol. The zero-order valence-electron chi connectivity index (χ0n) is 10.4. The molecular weight excluding hydrogens is 232 g/mol. The Labute approximate surface area is 109 Å². The molecule has 0 radical (unpaired) electrons. The first-order valence-electron chi connectivity index (χ1n) is 6.46. The van der Waals surface area contributed by atoms with Gasteiger partial charge in [-0.3, -0.25) is 0 Å². The fourth-order valence-corrected chi connectivity index (χ4v) is 2.60. The number of hydrogen-bond donors (Lipinski definition) is 2. The summed E-state index contributed by atoms with van der Waals surface area (Å²) < 4.78 is 0. The van der Waals surface area contributed by atoms with E-state index in [0.717, 1.165) is 11.6 Å². The maximum atomic E-state index is 6.13. The van der Waals surface area contributed by atoms with Gasteiger partial charge in [-0.2, -0.15) is 0 Å². The minimum Gasteiger partial charge on any atom is -0.314 e. The standard InChI is InChI=1S/C14H21ClN2/c1-11(9-13-6-4-8-16-13)17-10-12-5-2-3-7-14(12)15/h2-3,5,7,11,13,16-17H,4,6,8-10H2,1H3.